The Morgan fingerprint density at radius 3 is 2.56 bits per heavy atom. The summed E-state index contributed by atoms with van der Waals surface area (Å²) in [5.41, 5.74) is 4.42. The predicted molar refractivity (Wildman–Crippen MR) is 113 cm³/mol. The van der Waals surface area contributed by atoms with Gasteiger partial charge >= 0.3 is 0 Å². The lowest BCUT2D eigenvalue weighted by molar-refractivity contribution is 0.590. The molecule has 2 aromatic carbocycles. The van der Waals surface area contributed by atoms with E-state index in [9.17, 15) is 0 Å². The fourth-order valence-corrected chi connectivity index (χ4v) is 3.20. The smallest absolute Gasteiger partial charge is 0.216 e. The fourth-order valence-electron chi connectivity index (χ4n) is 3.03. The van der Waals surface area contributed by atoms with E-state index in [0.717, 1.165) is 22.0 Å². The number of para-hydroxylation sites is 1. The first-order chi connectivity index (χ1) is 12.9. The van der Waals surface area contributed by atoms with E-state index in [0.29, 0.717) is 10.6 Å². The standard InChI is InChI=1S/C21H21N5S/c1-21(2,3)16-10-8-14(9-11-16)19-24-25-20(27)26(19)23-13-15-12-22-18-7-5-4-6-17(15)18/h4-13,22H,1-3H3,(H,25,27). The number of aromatic amines is 2. The largest absolute Gasteiger partial charge is 0.361 e. The number of hydrogen-bond donors (Lipinski definition) is 2. The van der Waals surface area contributed by atoms with Crippen molar-refractivity contribution in [3.63, 3.8) is 0 Å². The highest BCUT2D eigenvalue weighted by Crippen LogP contribution is 2.25. The van der Waals surface area contributed by atoms with E-state index in [-0.39, 0.29) is 5.41 Å². The third kappa shape index (κ3) is 3.36. The summed E-state index contributed by atoms with van der Waals surface area (Å²) in [6.45, 7) is 6.59. The van der Waals surface area contributed by atoms with Crippen LogP contribution < -0.4 is 0 Å². The minimum absolute atomic E-state index is 0.108. The zero-order chi connectivity index (χ0) is 19.0. The normalized spacial score (nSPS) is 12.3. The van der Waals surface area contributed by atoms with E-state index in [1.54, 1.807) is 10.9 Å². The van der Waals surface area contributed by atoms with Gasteiger partial charge in [-0.3, -0.25) is 0 Å². The summed E-state index contributed by atoms with van der Waals surface area (Å²) in [6, 6.07) is 16.5. The van der Waals surface area contributed by atoms with Crippen molar-refractivity contribution in [3.8, 4) is 11.4 Å². The molecule has 4 aromatic rings. The second kappa shape index (κ2) is 6.63. The Morgan fingerprint density at radius 2 is 1.81 bits per heavy atom. The van der Waals surface area contributed by atoms with Crippen LogP contribution in [0.4, 0.5) is 0 Å². The van der Waals surface area contributed by atoms with Crippen molar-refractivity contribution < 1.29 is 0 Å². The van der Waals surface area contributed by atoms with Crippen LogP contribution in [0.1, 0.15) is 31.9 Å². The molecule has 0 saturated carbocycles. The first kappa shape index (κ1) is 17.4. The second-order valence-electron chi connectivity index (χ2n) is 7.53. The molecule has 5 nitrogen and oxygen atoms in total. The maximum absolute atomic E-state index is 5.37. The maximum atomic E-state index is 5.37. The van der Waals surface area contributed by atoms with Gasteiger partial charge in [0.2, 0.25) is 4.77 Å². The summed E-state index contributed by atoms with van der Waals surface area (Å²) >= 11 is 5.37. The highest BCUT2D eigenvalue weighted by Gasteiger charge is 2.14. The molecule has 0 amide bonds. The zero-order valence-corrected chi connectivity index (χ0v) is 16.3. The van der Waals surface area contributed by atoms with Gasteiger partial charge < -0.3 is 4.98 Å². The molecule has 0 aliphatic carbocycles. The van der Waals surface area contributed by atoms with Crippen molar-refractivity contribution in [1.29, 1.82) is 0 Å². The van der Waals surface area contributed by atoms with Crippen LogP contribution in [0.25, 0.3) is 22.3 Å². The van der Waals surface area contributed by atoms with Gasteiger partial charge in [0.25, 0.3) is 0 Å². The third-order valence-corrected chi connectivity index (χ3v) is 4.86. The van der Waals surface area contributed by atoms with Crippen LogP contribution in [0.3, 0.4) is 0 Å². The molecule has 0 fully saturated rings. The number of aromatic nitrogens is 4. The van der Waals surface area contributed by atoms with Crippen molar-refractivity contribution in [2.45, 2.75) is 26.2 Å². The minimum Gasteiger partial charge on any atom is -0.361 e. The highest BCUT2D eigenvalue weighted by molar-refractivity contribution is 7.71. The Labute approximate surface area is 162 Å². The molecular formula is C21H21N5S. The number of nitrogens with one attached hydrogen (secondary N) is 2. The van der Waals surface area contributed by atoms with Gasteiger partial charge in [-0.05, 0) is 29.3 Å². The quantitative estimate of drug-likeness (QED) is 0.378. The molecule has 6 heteroatoms. The first-order valence-electron chi connectivity index (χ1n) is 8.82. The number of rotatable bonds is 3. The van der Waals surface area contributed by atoms with Crippen LogP contribution in [0.5, 0.6) is 0 Å². The predicted octanol–water partition coefficient (Wildman–Crippen LogP) is 5.27. The molecule has 4 rings (SSSR count). The van der Waals surface area contributed by atoms with Crippen molar-refractivity contribution in [2.75, 3.05) is 0 Å². The van der Waals surface area contributed by atoms with Crippen molar-refractivity contribution in [1.82, 2.24) is 19.9 Å². The molecule has 0 aliphatic rings. The number of H-pyrrole nitrogens is 2. The molecule has 2 N–H and O–H groups in total. The van der Waals surface area contributed by atoms with E-state index in [1.807, 2.05) is 24.4 Å². The molecule has 0 atom stereocenters. The second-order valence-corrected chi connectivity index (χ2v) is 7.91. The monoisotopic (exact) mass is 375 g/mol. The molecule has 136 valence electrons. The van der Waals surface area contributed by atoms with Crippen molar-refractivity contribution in [3.05, 3.63) is 70.6 Å². The number of hydrogen-bond acceptors (Lipinski definition) is 3. The topological polar surface area (TPSA) is 61.8 Å². The summed E-state index contributed by atoms with van der Waals surface area (Å²) in [5.74, 6) is 0.691. The van der Waals surface area contributed by atoms with Crippen molar-refractivity contribution >= 4 is 29.3 Å². The van der Waals surface area contributed by atoms with E-state index in [1.165, 1.54) is 5.56 Å². The minimum atomic E-state index is 0.108. The van der Waals surface area contributed by atoms with Crippen LogP contribution in [0, 0.1) is 4.77 Å². The average Bonchev–Trinajstić information content (AvgIpc) is 3.23. The fraction of sp³-hybridized carbons (Fsp3) is 0.190. The lowest BCUT2D eigenvalue weighted by Crippen LogP contribution is -2.10. The van der Waals surface area contributed by atoms with Gasteiger partial charge in [0, 0.05) is 28.2 Å². The molecule has 0 unspecified atom stereocenters. The van der Waals surface area contributed by atoms with Gasteiger partial charge in [-0.1, -0.05) is 63.2 Å². The first-order valence-corrected chi connectivity index (χ1v) is 9.23. The average molecular weight is 376 g/mol. The lowest BCUT2D eigenvalue weighted by Gasteiger charge is -2.18. The van der Waals surface area contributed by atoms with Gasteiger partial charge in [0.15, 0.2) is 5.82 Å². The SMILES string of the molecule is CC(C)(C)c1ccc(-c2n[nH]c(=S)n2N=Cc2c[nH]c3ccccc23)cc1. The molecule has 2 aromatic heterocycles. The number of benzene rings is 2. The molecule has 0 saturated heterocycles. The third-order valence-electron chi connectivity index (χ3n) is 4.59. The van der Waals surface area contributed by atoms with E-state index < -0.39 is 0 Å². The molecular weight excluding hydrogens is 354 g/mol. The summed E-state index contributed by atoms with van der Waals surface area (Å²) < 4.78 is 2.12. The van der Waals surface area contributed by atoms with Crippen LogP contribution in [-0.2, 0) is 5.41 Å². The Balaban J connectivity index is 1.71. The number of nitrogens with zero attached hydrogens (tertiary/aromatic N) is 3. The summed E-state index contributed by atoms with van der Waals surface area (Å²) in [4.78, 5) is 3.25. The van der Waals surface area contributed by atoms with Crippen LogP contribution in [-0.4, -0.2) is 26.1 Å². The molecule has 0 aliphatic heterocycles. The summed E-state index contributed by atoms with van der Waals surface area (Å²) in [6.07, 6.45) is 3.74. The van der Waals surface area contributed by atoms with Crippen LogP contribution >= 0.6 is 12.2 Å². The molecule has 0 radical (unpaired) electrons. The number of fused-ring (bicyclic) bond motifs is 1. The molecule has 2 heterocycles. The Hall–Kier alpha value is -2.99. The van der Waals surface area contributed by atoms with Crippen LogP contribution in [0.2, 0.25) is 0 Å². The van der Waals surface area contributed by atoms with Crippen LogP contribution in [0.15, 0.2) is 59.8 Å². The van der Waals surface area contributed by atoms with E-state index in [4.69, 9.17) is 12.2 Å². The van der Waals surface area contributed by atoms with Gasteiger partial charge in [0.1, 0.15) is 0 Å². The molecule has 27 heavy (non-hydrogen) atoms. The lowest BCUT2D eigenvalue weighted by atomic mass is 9.87. The van der Waals surface area contributed by atoms with Gasteiger partial charge in [-0.2, -0.15) is 14.9 Å². The summed E-state index contributed by atoms with van der Waals surface area (Å²) in [7, 11) is 0. The van der Waals surface area contributed by atoms with Gasteiger partial charge in [-0.15, -0.1) is 0 Å². The summed E-state index contributed by atoms with van der Waals surface area (Å²) in [5, 5.41) is 12.9. The zero-order valence-electron chi connectivity index (χ0n) is 15.5. The van der Waals surface area contributed by atoms with E-state index in [2.05, 4.69) is 71.4 Å². The molecule has 0 spiro atoms. The Morgan fingerprint density at radius 1 is 1.07 bits per heavy atom. The van der Waals surface area contributed by atoms with Gasteiger partial charge in [0.05, 0.1) is 6.21 Å². The van der Waals surface area contributed by atoms with Crippen molar-refractivity contribution in [2.24, 2.45) is 5.10 Å². The Bertz CT molecular complexity index is 1170. The maximum Gasteiger partial charge on any atom is 0.216 e. The Kier molecular flexibility index (Phi) is 4.28. The molecule has 0 bridgehead atoms. The van der Waals surface area contributed by atoms with E-state index >= 15 is 0 Å². The highest BCUT2D eigenvalue weighted by atomic mass is 32.1. The van der Waals surface area contributed by atoms with Gasteiger partial charge in [-0.25, -0.2) is 5.10 Å².